The molecule has 0 saturated carbocycles. The van der Waals surface area contributed by atoms with Gasteiger partial charge in [0.1, 0.15) is 0 Å². The van der Waals surface area contributed by atoms with E-state index in [0.29, 0.717) is 6.54 Å². The van der Waals surface area contributed by atoms with Crippen molar-refractivity contribution in [1.29, 1.82) is 0 Å². The standard InChI is InChI=1S/C15H21BrN2OS/c1-15(2,20-12-7-5-11(16)6-8-12)10-18-14(19)13-4-3-9-17-13/h5-8,13,17H,3-4,9-10H2,1-2H3,(H,18,19). The SMILES string of the molecule is CC(C)(CNC(=O)C1CCCN1)Sc1ccc(Br)cc1. The van der Waals surface area contributed by atoms with E-state index in [-0.39, 0.29) is 16.7 Å². The average molecular weight is 357 g/mol. The maximum absolute atomic E-state index is 12.0. The highest BCUT2D eigenvalue weighted by Crippen LogP contribution is 2.32. The summed E-state index contributed by atoms with van der Waals surface area (Å²) in [6.45, 7) is 5.93. The first-order valence-corrected chi connectivity index (χ1v) is 8.53. The van der Waals surface area contributed by atoms with Crippen LogP contribution in [0, 0.1) is 0 Å². The van der Waals surface area contributed by atoms with Crippen LogP contribution in [0.3, 0.4) is 0 Å². The molecule has 1 aromatic rings. The maximum Gasteiger partial charge on any atom is 0.237 e. The minimum atomic E-state index is -0.0257. The summed E-state index contributed by atoms with van der Waals surface area (Å²) in [4.78, 5) is 13.2. The van der Waals surface area contributed by atoms with Gasteiger partial charge in [-0.05, 0) is 57.5 Å². The summed E-state index contributed by atoms with van der Waals surface area (Å²) in [7, 11) is 0. The second kappa shape index (κ2) is 6.96. The molecule has 110 valence electrons. The lowest BCUT2D eigenvalue weighted by molar-refractivity contribution is -0.122. The fourth-order valence-electron chi connectivity index (χ4n) is 2.19. The van der Waals surface area contributed by atoms with Crippen molar-refractivity contribution in [2.24, 2.45) is 0 Å². The second-order valence-electron chi connectivity index (χ2n) is 5.68. The Morgan fingerprint density at radius 3 is 2.75 bits per heavy atom. The molecule has 1 aliphatic rings. The summed E-state index contributed by atoms with van der Waals surface area (Å²) < 4.78 is 1.06. The molecule has 1 fully saturated rings. The molecule has 20 heavy (non-hydrogen) atoms. The molecular formula is C15H21BrN2OS. The van der Waals surface area contributed by atoms with Crippen LogP contribution in [-0.4, -0.2) is 29.8 Å². The number of rotatable bonds is 5. The van der Waals surface area contributed by atoms with Gasteiger partial charge < -0.3 is 10.6 Å². The van der Waals surface area contributed by atoms with Crippen LogP contribution >= 0.6 is 27.7 Å². The number of benzene rings is 1. The van der Waals surface area contributed by atoms with E-state index in [2.05, 4.69) is 52.5 Å². The van der Waals surface area contributed by atoms with Crippen LogP contribution < -0.4 is 10.6 Å². The first kappa shape index (κ1) is 15.9. The molecule has 2 N–H and O–H groups in total. The molecule has 1 heterocycles. The summed E-state index contributed by atoms with van der Waals surface area (Å²) in [5, 5.41) is 6.29. The van der Waals surface area contributed by atoms with Gasteiger partial charge in [0, 0.05) is 20.7 Å². The molecule has 0 radical (unpaired) electrons. The predicted octanol–water partition coefficient (Wildman–Crippen LogP) is 3.19. The molecule has 1 unspecified atom stereocenters. The number of amides is 1. The topological polar surface area (TPSA) is 41.1 Å². The number of hydrogen-bond donors (Lipinski definition) is 2. The van der Waals surface area contributed by atoms with E-state index < -0.39 is 0 Å². The minimum Gasteiger partial charge on any atom is -0.353 e. The first-order valence-electron chi connectivity index (χ1n) is 6.92. The normalized spacial score (nSPS) is 19.1. The quantitative estimate of drug-likeness (QED) is 0.796. The largest absolute Gasteiger partial charge is 0.353 e. The van der Waals surface area contributed by atoms with E-state index in [1.54, 1.807) is 11.8 Å². The van der Waals surface area contributed by atoms with Gasteiger partial charge in [0.15, 0.2) is 0 Å². The minimum absolute atomic E-state index is 0.00322. The molecule has 2 rings (SSSR count). The lowest BCUT2D eigenvalue weighted by Gasteiger charge is -2.25. The molecule has 0 spiro atoms. The molecule has 5 heteroatoms. The molecular weight excluding hydrogens is 336 g/mol. The van der Waals surface area contributed by atoms with Gasteiger partial charge >= 0.3 is 0 Å². The van der Waals surface area contributed by atoms with Crippen molar-refractivity contribution in [2.75, 3.05) is 13.1 Å². The van der Waals surface area contributed by atoms with Crippen molar-refractivity contribution in [2.45, 2.75) is 42.4 Å². The van der Waals surface area contributed by atoms with E-state index in [4.69, 9.17) is 0 Å². The monoisotopic (exact) mass is 356 g/mol. The Bertz CT molecular complexity index is 455. The first-order chi connectivity index (χ1) is 9.46. The van der Waals surface area contributed by atoms with Gasteiger partial charge in [-0.2, -0.15) is 0 Å². The summed E-state index contributed by atoms with van der Waals surface area (Å²) in [6, 6.07) is 8.27. The molecule has 1 atom stereocenters. The molecule has 1 aliphatic heterocycles. The van der Waals surface area contributed by atoms with Crippen LogP contribution in [0.2, 0.25) is 0 Å². The lowest BCUT2D eigenvalue weighted by Crippen LogP contribution is -2.44. The van der Waals surface area contributed by atoms with E-state index in [1.807, 2.05) is 12.1 Å². The Morgan fingerprint density at radius 2 is 2.15 bits per heavy atom. The van der Waals surface area contributed by atoms with Crippen LogP contribution in [0.5, 0.6) is 0 Å². The highest BCUT2D eigenvalue weighted by Gasteiger charge is 2.25. The van der Waals surface area contributed by atoms with Gasteiger partial charge in [-0.3, -0.25) is 4.79 Å². The van der Waals surface area contributed by atoms with Gasteiger partial charge in [0.2, 0.25) is 5.91 Å². The Morgan fingerprint density at radius 1 is 1.45 bits per heavy atom. The number of halogens is 1. The number of carbonyl (C=O) groups excluding carboxylic acids is 1. The third-order valence-corrected chi connectivity index (χ3v) is 5.01. The van der Waals surface area contributed by atoms with Gasteiger partial charge in [-0.1, -0.05) is 15.9 Å². The third-order valence-electron chi connectivity index (χ3n) is 3.27. The molecule has 3 nitrogen and oxygen atoms in total. The van der Waals surface area contributed by atoms with E-state index in [1.165, 1.54) is 4.90 Å². The second-order valence-corrected chi connectivity index (χ2v) is 8.38. The van der Waals surface area contributed by atoms with E-state index in [9.17, 15) is 4.79 Å². The summed E-state index contributed by atoms with van der Waals surface area (Å²) >= 11 is 5.22. The Hall–Kier alpha value is -0.520. The average Bonchev–Trinajstić information content (AvgIpc) is 2.93. The summed E-state index contributed by atoms with van der Waals surface area (Å²) in [6.07, 6.45) is 2.04. The Kier molecular flexibility index (Phi) is 5.52. The van der Waals surface area contributed by atoms with Crippen LogP contribution in [0.15, 0.2) is 33.6 Å². The molecule has 0 bridgehead atoms. The summed E-state index contributed by atoms with van der Waals surface area (Å²) in [5.74, 6) is 0.131. The maximum atomic E-state index is 12.0. The Balaban J connectivity index is 1.83. The molecule has 1 amide bonds. The zero-order chi connectivity index (χ0) is 14.6. The number of carbonyl (C=O) groups is 1. The molecule has 0 aromatic heterocycles. The highest BCUT2D eigenvalue weighted by molar-refractivity contribution is 9.10. The van der Waals surface area contributed by atoms with Crippen molar-refractivity contribution in [3.63, 3.8) is 0 Å². The van der Waals surface area contributed by atoms with E-state index >= 15 is 0 Å². The predicted molar refractivity (Wildman–Crippen MR) is 88.1 cm³/mol. The van der Waals surface area contributed by atoms with Crippen LogP contribution in [0.4, 0.5) is 0 Å². The van der Waals surface area contributed by atoms with Crippen molar-refractivity contribution in [3.8, 4) is 0 Å². The van der Waals surface area contributed by atoms with Gasteiger partial charge in [0.05, 0.1) is 6.04 Å². The zero-order valence-electron chi connectivity index (χ0n) is 11.9. The number of thioether (sulfide) groups is 1. The van der Waals surface area contributed by atoms with Gasteiger partial charge in [-0.15, -0.1) is 11.8 Å². The molecule has 0 aliphatic carbocycles. The van der Waals surface area contributed by atoms with Crippen molar-refractivity contribution >= 4 is 33.6 Å². The number of hydrogen-bond acceptors (Lipinski definition) is 3. The van der Waals surface area contributed by atoms with E-state index in [0.717, 1.165) is 23.9 Å². The van der Waals surface area contributed by atoms with Crippen LogP contribution in [0.25, 0.3) is 0 Å². The zero-order valence-corrected chi connectivity index (χ0v) is 14.3. The van der Waals surface area contributed by atoms with Gasteiger partial charge in [-0.25, -0.2) is 0 Å². The number of nitrogens with one attached hydrogen (secondary N) is 2. The van der Waals surface area contributed by atoms with Crippen molar-refractivity contribution in [1.82, 2.24) is 10.6 Å². The summed E-state index contributed by atoms with van der Waals surface area (Å²) in [5.41, 5.74) is 0. The lowest BCUT2D eigenvalue weighted by atomic mass is 10.2. The van der Waals surface area contributed by atoms with Crippen molar-refractivity contribution in [3.05, 3.63) is 28.7 Å². The molecule has 1 saturated heterocycles. The molecule has 1 aromatic carbocycles. The van der Waals surface area contributed by atoms with Crippen molar-refractivity contribution < 1.29 is 4.79 Å². The Labute approximate surface area is 133 Å². The van der Waals surface area contributed by atoms with Crippen LogP contribution in [-0.2, 0) is 4.79 Å². The van der Waals surface area contributed by atoms with Gasteiger partial charge in [0.25, 0.3) is 0 Å². The smallest absolute Gasteiger partial charge is 0.237 e. The third kappa shape index (κ3) is 4.79. The van der Waals surface area contributed by atoms with Crippen LogP contribution in [0.1, 0.15) is 26.7 Å². The highest BCUT2D eigenvalue weighted by atomic mass is 79.9. The fourth-order valence-corrected chi connectivity index (χ4v) is 3.51. The fraction of sp³-hybridized carbons (Fsp3) is 0.533.